The fourth-order valence-corrected chi connectivity index (χ4v) is 7.09. The third-order valence-corrected chi connectivity index (χ3v) is 7.93. The van der Waals surface area contributed by atoms with Gasteiger partial charge in [-0.25, -0.2) is 10.0 Å². The van der Waals surface area contributed by atoms with Crippen LogP contribution >= 0.6 is 10.0 Å². The first-order valence-corrected chi connectivity index (χ1v) is 7.46. The van der Waals surface area contributed by atoms with Crippen molar-refractivity contribution in [3.63, 3.8) is 0 Å². The lowest BCUT2D eigenvalue weighted by atomic mass is 10.2. The molecule has 0 aliphatic carbocycles. The third-order valence-electron chi connectivity index (χ3n) is 3.31. The summed E-state index contributed by atoms with van der Waals surface area (Å²) in [4.78, 5) is 0. The van der Waals surface area contributed by atoms with Gasteiger partial charge in [0, 0.05) is 0 Å². The fourth-order valence-electron chi connectivity index (χ4n) is 2.60. The maximum atomic E-state index is 1.65. The minimum atomic E-state index is 0.00116. The van der Waals surface area contributed by atoms with Crippen LogP contribution in [0.4, 0.5) is 0 Å². The molecule has 1 spiro atoms. The zero-order valence-corrected chi connectivity index (χ0v) is 8.30. The first kappa shape index (κ1) is 7.97. The van der Waals surface area contributed by atoms with Crippen molar-refractivity contribution in [3.8, 4) is 0 Å². The topological polar surface area (TPSA) is 0 Å². The molecular weight excluding hydrogens is 152 g/mol. The molecule has 0 nitrogen and oxygen atoms in total. The number of rotatable bonds is 0. The summed E-state index contributed by atoms with van der Waals surface area (Å²) in [7, 11) is 0.00116. The van der Waals surface area contributed by atoms with Gasteiger partial charge in [-0.2, -0.15) is 0 Å². The van der Waals surface area contributed by atoms with Crippen LogP contribution in [0.3, 0.4) is 0 Å². The number of hydrogen-bond acceptors (Lipinski definition) is 0. The van der Waals surface area contributed by atoms with E-state index in [1.54, 1.807) is 48.7 Å². The quantitative estimate of drug-likeness (QED) is 0.526. The van der Waals surface area contributed by atoms with Crippen molar-refractivity contribution in [1.29, 1.82) is 0 Å². The van der Waals surface area contributed by atoms with Gasteiger partial charge in [0.2, 0.25) is 0 Å². The molecule has 0 aromatic heterocycles. The minimum Gasteiger partial charge on any atom is -0.241 e. The molecule has 0 N–H and O–H groups in total. The molecule has 0 aromatic rings. The summed E-state index contributed by atoms with van der Waals surface area (Å²) < 4.78 is 0. The third kappa shape index (κ3) is 1.74. The minimum absolute atomic E-state index is 0.00116. The van der Waals surface area contributed by atoms with Crippen molar-refractivity contribution in [2.45, 2.75) is 38.5 Å². The van der Waals surface area contributed by atoms with E-state index in [1.165, 1.54) is 12.8 Å². The van der Waals surface area contributed by atoms with E-state index >= 15 is 0 Å². The van der Waals surface area contributed by atoms with Crippen LogP contribution in [-0.4, -0.2) is 23.0 Å². The van der Waals surface area contributed by atoms with Crippen molar-refractivity contribution in [2.24, 2.45) is 0 Å². The molecule has 66 valence electrons. The summed E-state index contributed by atoms with van der Waals surface area (Å²) in [6, 6.07) is 0. The largest absolute Gasteiger partial charge is 0.241 e. The maximum absolute atomic E-state index is 1.65. The highest BCUT2D eigenvalue weighted by molar-refractivity contribution is 8.33. The van der Waals surface area contributed by atoms with Crippen molar-refractivity contribution in [2.75, 3.05) is 23.0 Å². The average Bonchev–Trinajstić information content (AvgIpc) is 2.07. The lowest BCUT2D eigenvalue weighted by Crippen LogP contribution is -2.24. The highest BCUT2D eigenvalue weighted by Gasteiger charge is 2.27. The Morgan fingerprint density at radius 1 is 0.455 bits per heavy atom. The van der Waals surface area contributed by atoms with E-state index in [1.807, 2.05) is 0 Å². The summed E-state index contributed by atoms with van der Waals surface area (Å²) in [5, 5.41) is 0. The van der Waals surface area contributed by atoms with Crippen molar-refractivity contribution in [1.82, 2.24) is 0 Å². The molecule has 1 heteroatoms. The van der Waals surface area contributed by atoms with Gasteiger partial charge in [0.1, 0.15) is 0 Å². The van der Waals surface area contributed by atoms with Crippen LogP contribution in [0.5, 0.6) is 0 Å². The Morgan fingerprint density at radius 3 is 1.18 bits per heavy atom. The maximum Gasteiger partial charge on any atom is -0.0228 e. The van der Waals surface area contributed by atoms with Gasteiger partial charge in [-0.1, -0.05) is 12.8 Å². The summed E-state index contributed by atoms with van der Waals surface area (Å²) in [6.45, 7) is 0. The first-order chi connectivity index (χ1) is 5.41. The Morgan fingerprint density at radius 2 is 0.818 bits per heavy atom. The van der Waals surface area contributed by atoms with Gasteiger partial charge < -0.3 is 0 Å². The number of hydrogen-bond donors (Lipinski definition) is 0. The Labute approximate surface area is 72.1 Å². The second kappa shape index (κ2) is 3.38. The molecule has 11 heavy (non-hydrogen) atoms. The van der Waals surface area contributed by atoms with Gasteiger partial charge >= 0.3 is 0 Å². The van der Waals surface area contributed by atoms with Crippen LogP contribution in [0.25, 0.3) is 0 Å². The van der Waals surface area contributed by atoms with Crippen LogP contribution in [0, 0.1) is 0 Å². The van der Waals surface area contributed by atoms with Crippen molar-refractivity contribution < 1.29 is 0 Å². The van der Waals surface area contributed by atoms with E-state index in [0.29, 0.717) is 0 Å². The van der Waals surface area contributed by atoms with E-state index in [4.69, 9.17) is 0 Å². The van der Waals surface area contributed by atoms with Crippen molar-refractivity contribution >= 4 is 10.0 Å². The molecular formula is C10H20S. The molecule has 2 saturated heterocycles. The summed E-state index contributed by atoms with van der Waals surface area (Å²) >= 11 is 0. The monoisotopic (exact) mass is 172 g/mol. The summed E-state index contributed by atoms with van der Waals surface area (Å²) in [5.74, 6) is 6.58. The lowest BCUT2D eigenvalue weighted by Gasteiger charge is -2.46. The van der Waals surface area contributed by atoms with Gasteiger partial charge in [-0.05, 0) is 48.7 Å². The highest BCUT2D eigenvalue weighted by atomic mass is 32.3. The second-order valence-corrected chi connectivity index (χ2v) is 8.25. The highest BCUT2D eigenvalue weighted by Crippen LogP contribution is 2.55. The zero-order chi connectivity index (χ0) is 7.57. The summed E-state index contributed by atoms with van der Waals surface area (Å²) in [6.07, 6.45) is 9.33. The van der Waals surface area contributed by atoms with E-state index < -0.39 is 0 Å². The lowest BCUT2D eigenvalue weighted by molar-refractivity contribution is 0.708. The molecule has 0 unspecified atom stereocenters. The van der Waals surface area contributed by atoms with Gasteiger partial charge in [0.15, 0.2) is 0 Å². The molecule has 2 aliphatic rings. The Hall–Kier alpha value is 0.350. The van der Waals surface area contributed by atoms with Crippen LogP contribution in [0.2, 0.25) is 0 Å². The van der Waals surface area contributed by atoms with Crippen LogP contribution < -0.4 is 0 Å². The standard InChI is InChI=1S/C10H20S/c1-3-7-11(8-4-1)9-5-2-6-10-11/h1-10H2. The van der Waals surface area contributed by atoms with Gasteiger partial charge in [0.25, 0.3) is 0 Å². The SMILES string of the molecule is C1CCS2(CC1)CCCCC2. The van der Waals surface area contributed by atoms with Gasteiger partial charge in [0.05, 0.1) is 0 Å². The predicted octanol–water partition coefficient (Wildman–Crippen LogP) is 3.16. The molecule has 0 aromatic carbocycles. The zero-order valence-electron chi connectivity index (χ0n) is 7.48. The summed E-state index contributed by atoms with van der Waals surface area (Å²) in [5.41, 5.74) is 0. The van der Waals surface area contributed by atoms with E-state index in [9.17, 15) is 0 Å². The average molecular weight is 172 g/mol. The van der Waals surface area contributed by atoms with Gasteiger partial charge in [-0.3, -0.25) is 0 Å². The molecule has 0 saturated carbocycles. The fraction of sp³-hybridized carbons (Fsp3) is 1.00. The smallest absolute Gasteiger partial charge is 0.0228 e. The Balaban J connectivity index is 1.94. The predicted molar refractivity (Wildman–Crippen MR) is 54.8 cm³/mol. The normalized spacial score (nSPS) is 33.5. The van der Waals surface area contributed by atoms with E-state index in [-0.39, 0.29) is 10.0 Å². The molecule has 2 rings (SSSR count). The van der Waals surface area contributed by atoms with Crippen molar-refractivity contribution in [3.05, 3.63) is 0 Å². The molecule has 2 fully saturated rings. The Bertz CT molecular complexity index is 99.3. The second-order valence-electron chi connectivity index (χ2n) is 4.16. The van der Waals surface area contributed by atoms with Crippen LogP contribution in [-0.2, 0) is 0 Å². The molecule has 0 radical (unpaired) electrons. The molecule has 0 amide bonds. The van der Waals surface area contributed by atoms with Crippen LogP contribution in [0.15, 0.2) is 0 Å². The Kier molecular flexibility index (Phi) is 2.45. The first-order valence-electron chi connectivity index (χ1n) is 5.15. The van der Waals surface area contributed by atoms with E-state index in [0.717, 1.165) is 0 Å². The van der Waals surface area contributed by atoms with Gasteiger partial charge in [-0.15, -0.1) is 0 Å². The van der Waals surface area contributed by atoms with E-state index in [2.05, 4.69) is 0 Å². The molecule has 0 atom stereocenters. The molecule has 2 heterocycles. The van der Waals surface area contributed by atoms with Crippen LogP contribution in [0.1, 0.15) is 38.5 Å². The molecule has 0 bridgehead atoms. The molecule has 2 aliphatic heterocycles.